The van der Waals surface area contributed by atoms with Gasteiger partial charge in [0.15, 0.2) is 0 Å². The first kappa shape index (κ1) is 12.3. The highest BCUT2D eigenvalue weighted by atomic mass is 35.5. The van der Waals surface area contributed by atoms with E-state index in [4.69, 9.17) is 11.6 Å². The highest BCUT2D eigenvalue weighted by Gasteiger charge is 2.19. The summed E-state index contributed by atoms with van der Waals surface area (Å²) < 4.78 is 1.28. The molecule has 0 spiro atoms. The Kier molecular flexibility index (Phi) is 3.63. The monoisotopic (exact) mass is 257 g/mol. The topological polar surface area (TPSA) is 63.0 Å². The molecule has 0 unspecified atom stereocenters. The van der Waals surface area contributed by atoms with E-state index in [9.17, 15) is 4.79 Å². The lowest BCUT2D eigenvalue weighted by molar-refractivity contribution is 0.260. The molecule has 0 aromatic carbocycles. The molecular formula is C10H16ClN5O. The van der Waals surface area contributed by atoms with Crippen molar-refractivity contribution in [2.75, 3.05) is 25.5 Å². The molecule has 2 rings (SSSR count). The molecule has 94 valence electrons. The summed E-state index contributed by atoms with van der Waals surface area (Å²) in [6.07, 6.45) is 2.16. The minimum atomic E-state index is -0.238. The van der Waals surface area contributed by atoms with Crippen molar-refractivity contribution in [2.45, 2.75) is 18.9 Å². The molecule has 1 aromatic heterocycles. The lowest BCUT2D eigenvalue weighted by atomic mass is 10.1. The second-order valence-electron chi connectivity index (χ2n) is 4.43. The molecule has 2 heterocycles. The second-order valence-corrected chi connectivity index (χ2v) is 4.77. The summed E-state index contributed by atoms with van der Waals surface area (Å²) in [5, 5.41) is 10.8. The predicted molar refractivity (Wildman–Crippen MR) is 66.4 cm³/mol. The summed E-state index contributed by atoms with van der Waals surface area (Å²) in [5.74, 6) is 0.275. The van der Waals surface area contributed by atoms with Gasteiger partial charge in [0, 0.05) is 19.6 Å². The molecule has 1 atom stereocenters. The van der Waals surface area contributed by atoms with Crippen molar-refractivity contribution in [3.63, 3.8) is 0 Å². The van der Waals surface area contributed by atoms with Gasteiger partial charge < -0.3 is 10.2 Å². The number of aromatic nitrogens is 3. The number of rotatable bonds is 2. The molecule has 1 aliphatic rings. The first-order valence-electron chi connectivity index (χ1n) is 5.62. The average Bonchev–Trinajstić information content (AvgIpc) is 2.30. The van der Waals surface area contributed by atoms with Crippen LogP contribution in [0.25, 0.3) is 0 Å². The largest absolute Gasteiger partial charge is 0.360 e. The molecule has 0 amide bonds. The van der Waals surface area contributed by atoms with E-state index >= 15 is 0 Å². The molecule has 7 heteroatoms. The van der Waals surface area contributed by atoms with Crippen LogP contribution in [0.2, 0.25) is 5.28 Å². The van der Waals surface area contributed by atoms with Crippen LogP contribution in [0.3, 0.4) is 0 Å². The van der Waals surface area contributed by atoms with Gasteiger partial charge in [0.05, 0.1) is 0 Å². The zero-order valence-electron chi connectivity index (χ0n) is 9.98. The maximum atomic E-state index is 11.8. The maximum Gasteiger partial charge on any atom is 0.297 e. The van der Waals surface area contributed by atoms with E-state index in [2.05, 4.69) is 27.5 Å². The molecule has 6 nitrogen and oxygen atoms in total. The van der Waals surface area contributed by atoms with Crippen LogP contribution in [-0.2, 0) is 7.05 Å². The first-order chi connectivity index (χ1) is 8.08. The van der Waals surface area contributed by atoms with E-state index in [1.165, 1.54) is 4.57 Å². The third-order valence-corrected chi connectivity index (χ3v) is 3.31. The number of anilines is 1. The number of hydrogen-bond acceptors (Lipinski definition) is 5. The number of likely N-dealkylation sites (N-methyl/N-ethyl adjacent to an activating group) is 1. The van der Waals surface area contributed by atoms with Gasteiger partial charge in [-0.3, -0.25) is 9.36 Å². The molecule has 0 saturated carbocycles. The average molecular weight is 258 g/mol. The van der Waals surface area contributed by atoms with Gasteiger partial charge in [0.1, 0.15) is 0 Å². The third-order valence-electron chi connectivity index (χ3n) is 2.98. The summed E-state index contributed by atoms with van der Waals surface area (Å²) >= 11 is 5.71. The van der Waals surface area contributed by atoms with Crippen LogP contribution in [0.5, 0.6) is 0 Å². The Labute approximate surface area is 105 Å². The summed E-state index contributed by atoms with van der Waals surface area (Å²) in [7, 11) is 3.65. The number of piperidine rings is 1. The van der Waals surface area contributed by atoms with Crippen LogP contribution in [0.1, 0.15) is 12.8 Å². The van der Waals surface area contributed by atoms with E-state index in [0.29, 0.717) is 0 Å². The molecule has 0 radical (unpaired) electrons. The summed E-state index contributed by atoms with van der Waals surface area (Å²) in [6.45, 7) is 2.01. The molecule has 1 N–H and O–H groups in total. The lowest BCUT2D eigenvalue weighted by Gasteiger charge is -2.30. The fraction of sp³-hybridized carbons (Fsp3) is 0.700. The zero-order valence-corrected chi connectivity index (χ0v) is 10.7. The summed E-state index contributed by atoms with van der Waals surface area (Å²) in [4.78, 5) is 14.1. The molecule has 1 aliphatic heterocycles. The summed E-state index contributed by atoms with van der Waals surface area (Å²) in [6, 6.07) is 0.247. The SMILES string of the molecule is CN1CCC[C@@H](Nc2nnc(Cl)n(C)c2=O)C1. The first-order valence-corrected chi connectivity index (χ1v) is 6.00. The van der Waals surface area contributed by atoms with Crippen LogP contribution in [-0.4, -0.2) is 45.8 Å². The van der Waals surface area contributed by atoms with Crippen molar-refractivity contribution in [1.82, 2.24) is 19.7 Å². The van der Waals surface area contributed by atoms with Crippen molar-refractivity contribution < 1.29 is 0 Å². The standard InChI is InChI=1S/C10H16ClN5O/c1-15-5-3-4-7(6-15)12-8-9(17)16(2)10(11)14-13-8/h7H,3-6H2,1-2H3,(H,12,13)/t7-/m1/s1. The molecule has 17 heavy (non-hydrogen) atoms. The van der Waals surface area contributed by atoms with Gasteiger partial charge in [-0.15, -0.1) is 10.2 Å². The Morgan fingerprint density at radius 3 is 2.88 bits per heavy atom. The van der Waals surface area contributed by atoms with Gasteiger partial charge in [-0.05, 0) is 38.0 Å². The van der Waals surface area contributed by atoms with Gasteiger partial charge in [-0.25, -0.2) is 0 Å². The smallest absolute Gasteiger partial charge is 0.297 e. The van der Waals surface area contributed by atoms with E-state index in [1.54, 1.807) is 7.05 Å². The minimum Gasteiger partial charge on any atom is -0.360 e. The number of halogens is 1. The number of nitrogens with zero attached hydrogens (tertiary/aromatic N) is 4. The van der Waals surface area contributed by atoms with Crippen LogP contribution in [0, 0.1) is 0 Å². The molecular weight excluding hydrogens is 242 g/mol. The minimum absolute atomic E-state index is 0.0984. The molecule has 1 saturated heterocycles. The van der Waals surface area contributed by atoms with Gasteiger partial charge in [0.25, 0.3) is 5.56 Å². The molecule has 1 aromatic rings. The van der Waals surface area contributed by atoms with Crippen molar-refractivity contribution in [3.8, 4) is 0 Å². The van der Waals surface area contributed by atoms with Crippen molar-refractivity contribution >= 4 is 17.4 Å². The summed E-state index contributed by atoms with van der Waals surface area (Å²) in [5.41, 5.74) is -0.238. The van der Waals surface area contributed by atoms with Crippen LogP contribution >= 0.6 is 11.6 Å². The van der Waals surface area contributed by atoms with Crippen molar-refractivity contribution in [1.29, 1.82) is 0 Å². The lowest BCUT2D eigenvalue weighted by Crippen LogP contribution is -2.41. The van der Waals surface area contributed by atoms with Gasteiger partial charge in [-0.2, -0.15) is 0 Å². The Morgan fingerprint density at radius 2 is 2.18 bits per heavy atom. The molecule has 1 fully saturated rings. The fourth-order valence-corrected chi connectivity index (χ4v) is 2.13. The Morgan fingerprint density at radius 1 is 1.41 bits per heavy atom. The highest BCUT2D eigenvalue weighted by Crippen LogP contribution is 2.11. The van der Waals surface area contributed by atoms with E-state index < -0.39 is 0 Å². The van der Waals surface area contributed by atoms with Gasteiger partial charge in [0.2, 0.25) is 11.1 Å². The Hall–Kier alpha value is -1.14. The van der Waals surface area contributed by atoms with Crippen molar-refractivity contribution in [3.05, 3.63) is 15.6 Å². The van der Waals surface area contributed by atoms with Crippen LogP contribution in [0.4, 0.5) is 5.82 Å². The van der Waals surface area contributed by atoms with E-state index in [1.807, 2.05) is 0 Å². The molecule has 0 aliphatic carbocycles. The normalized spacial score (nSPS) is 21.5. The predicted octanol–water partition coefficient (Wildman–Crippen LogP) is 0.335. The zero-order chi connectivity index (χ0) is 12.4. The van der Waals surface area contributed by atoms with Gasteiger partial charge in [-0.1, -0.05) is 0 Å². The second kappa shape index (κ2) is 5.01. The van der Waals surface area contributed by atoms with E-state index in [0.717, 1.165) is 25.9 Å². The Balaban J connectivity index is 2.13. The highest BCUT2D eigenvalue weighted by molar-refractivity contribution is 6.28. The quantitative estimate of drug-likeness (QED) is 0.828. The maximum absolute atomic E-state index is 11.8. The molecule has 0 bridgehead atoms. The third kappa shape index (κ3) is 2.76. The van der Waals surface area contributed by atoms with Crippen LogP contribution in [0.15, 0.2) is 4.79 Å². The van der Waals surface area contributed by atoms with E-state index in [-0.39, 0.29) is 22.7 Å². The fourth-order valence-electron chi connectivity index (χ4n) is 2.01. The number of likely N-dealkylation sites (tertiary alicyclic amines) is 1. The number of hydrogen-bond donors (Lipinski definition) is 1. The van der Waals surface area contributed by atoms with Crippen molar-refractivity contribution in [2.24, 2.45) is 7.05 Å². The van der Waals surface area contributed by atoms with Crippen LogP contribution < -0.4 is 10.9 Å². The van der Waals surface area contributed by atoms with Gasteiger partial charge >= 0.3 is 0 Å². The Bertz CT molecular complexity index is 460. The number of nitrogens with one attached hydrogen (secondary N) is 1.